The molecular weight excluding hydrogens is 196 g/mol. The molecule has 1 rings (SSSR count). The average molecular weight is 226 g/mol. The van der Waals surface area contributed by atoms with Gasteiger partial charge in [0.1, 0.15) is 0 Å². The number of hydrogen-bond acceptors (Lipinski definition) is 2. The van der Waals surface area contributed by atoms with Gasteiger partial charge in [-0.05, 0) is 44.7 Å². The van der Waals surface area contributed by atoms with Crippen LogP contribution in [0.4, 0.5) is 0 Å². The number of hydrogen-bond donors (Lipinski definition) is 1. The molecule has 0 amide bonds. The molecule has 0 radical (unpaired) electrons. The summed E-state index contributed by atoms with van der Waals surface area (Å²) in [6.45, 7) is 10.8. The van der Waals surface area contributed by atoms with E-state index in [9.17, 15) is 0 Å². The van der Waals surface area contributed by atoms with Crippen LogP contribution in [0.25, 0.3) is 0 Å². The Morgan fingerprint density at radius 1 is 1.31 bits per heavy atom. The highest BCUT2D eigenvalue weighted by atomic mass is 15.2. The normalized spacial score (nSPS) is 26.6. The highest BCUT2D eigenvalue weighted by Gasteiger charge is 2.29. The molecule has 1 fully saturated rings. The van der Waals surface area contributed by atoms with Crippen LogP contribution >= 0.6 is 0 Å². The Morgan fingerprint density at radius 2 is 2.06 bits per heavy atom. The smallest absolute Gasteiger partial charge is 0.00928 e. The van der Waals surface area contributed by atoms with Crippen molar-refractivity contribution >= 4 is 0 Å². The Labute approximate surface area is 102 Å². The largest absolute Gasteiger partial charge is 0.319 e. The summed E-state index contributed by atoms with van der Waals surface area (Å²) in [6.07, 6.45) is 6.83. The molecule has 0 saturated carbocycles. The predicted octanol–water partition coefficient (Wildman–Crippen LogP) is 2.89. The summed E-state index contributed by atoms with van der Waals surface area (Å²) in [5, 5.41) is 3.35. The number of piperidine rings is 1. The minimum atomic E-state index is 0.444. The molecule has 2 unspecified atom stereocenters. The van der Waals surface area contributed by atoms with E-state index in [1.165, 1.54) is 45.2 Å². The van der Waals surface area contributed by atoms with Gasteiger partial charge in [-0.15, -0.1) is 0 Å². The zero-order valence-electron chi connectivity index (χ0n) is 11.7. The molecule has 0 bridgehead atoms. The second kappa shape index (κ2) is 6.61. The van der Waals surface area contributed by atoms with Crippen LogP contribution in [-0.4, -0.2) is 37.6 Å². The summed E-state index contributed by atoms with van der Waals surface area (Å²) < 4.78 is 0. The molecule has 0 aromatic heterocycles. The van der Waals surface area contributed by atoms with Gasteiger partial charge >= 0.3 is 0 Å². The molecule has 2 heteroatoms. The van der Waals surface area contributed by atoms with Crippen LogP contribution in [-0.2, 0) is 0 Å². The van der Waals surface area contributed by atoms with Crippen molar-refractivity contribution < 1.29 is 0 Å². The zero-order chi connectivity index (χ0) is 12.0. The van der Waals surface area contributed by atoms with Crippen molar-refractivity contribution in [1.29, 1.82) is 0 Å². The lowest BCUT2D eigenvalue weighted by atomic mass is 9.85. The first-order valence-corrected chi connectivity index (χ1v) is 7.04. The lowest BCUT2D eigenvalue weighted by molar-refractivity contribution is 0.0836. The fraction of sp³-hybridized carbons (Fsp3) is 1.00. The summed E-state index contributed by atoms with van der Waals surface area (Å²) in [7, 11) is 2.07. The second-order valence-corrected chi connectivity index (χ2v) is 5.72. The lowest BCUT2D eigenvalue weighted by Crippen LogP contribution is -2.47. The Hall–Kier alpha value is -0.0800. The molecule has 2 atom stereocenters. The minimum Gasteiger partial charge on any atom is -0.319 e. The zero-order valence-corrected chi connectivity index (χ0v) is 11.7. The van der Waals surface area contributed by atoms with Gasteiger partial charge < -0.3 is 5.32 Å². The molecule has 1 heterocycles. The maximum atomic E-state index is 3.35. The molecule has 2 nitrogen and oxygen atoms in total. The van der Waals surface area contributed by atoms with Crippen LogP contribution in [0.5, 0.6) is 0 Å². The van der Waals surface area contributed by atoms with Gasteiger partial charge in [-0.1, -0.05) is 27.2 Å². The third-order valence-corrected chi connectivity index (χ3v) is 4.26. The Kier molecular flexibility index (Phi) is 5.77. The van der Waals surface area contributed by atoms with E-state index in [-0.39, 0.29) is 0 Å². The van der Waals surface area contributed by atoms with Crippen molar-refractivity contribution in [3.05, 3.63) is 0 Å². The van der Waals surface area contributed by atoms with E-state index in [1.54, 1.807) is 0 Å². The maximum Gasteiger partial charge on any atom is 0.00928 e. The fourth-order valence-corrected chi connectivity index (χ4v) is 2.94. The van der Waals surface area contributed by atoms with Gasteiger partial charge in [0.05, 0.1) is 0 Å². The topological polar surface area (TPSA) is 15.3 Å². The van der Waals surface area contributed by atoms with Crippen molar-refractivity contribution in [1.82, 2.24) is 10.2 Å². The number of likely N-dealkylation sites (tertiary alicyclic amines) is 1. The summed E-state index contributed by atoms with van der Waals surface area (Å²) in [5.41, 5.74) is 0.444. The Bertz CT molecular complexity index is 193. The molecule has 0 aromatic carbocycles. The number of rotatable bonds is 6. The van der Waals surface area contributed by atoms with Crippen LogP contribution in [0.3, 0.4) is 0 Å². The van der Waals surface area contributed by atoms with Crippen LogP contribution in [0.2, 0.25) is 0 Å². The lowest BCUT2D eigenvalue weighted by Gasteiger charge is -2.41. The molecule has 0 aliphatic carbocycles. The summed E-state index contributed by atoms with van der Waals surface area (Å²) in [4.78, 5) is 2.74. The number of nitrogens with one attached hydrogen (secondary N) is 1. The quantitative estimate of drug-likeness (QED) is 0.749. The van der Waals surface area contributed by atoms with Gasteiger partial charge in [-0.25, -0.2) is 0 Å². The minimum absolute atomic E-state index is 0.444. The second-order valence-electron chi connectivity index (χ2n) is 5.72. The first-order valence-electron chi connectivity index (χ1n) is 7.04. The van der Waals surface area contributed by atoms with Crippen LogP contribution in [0.15, 0.2) is 0 Å². The van der Waals surface area contributed by atoms with Crippen molar-refractivity contribution in [3.63, 3.8) is 0 Å². The predicted molar refractivity (Wildman–Crippen MR) is 71.8 cm³/mol. The molecular formula is C14H30N2. The van der Waals surface area contributed by atoms with E-state index in [4.69, 9.17) is 0 Å². The molecule has 0 aromatic rings. The van der Waals surface area contributed by atoms with Crippen molar-refractivity contribution in [2.75, 3.05) is 26.7 Å². The van der Waals surface area contributed by atoms with Crippen LogP contribution < -0.4 is 5.32 Å². The first kappa shape index (κ1) is 14.0. The average Bonchev–Trinajstić information content (AvgIpc) is 2.30. The van der Waals surface area contributed by atoms with Gasteiger partial charge in [-0.3, -0.25) is 4.90 Å². The third kappa shape index (κ3) is 3.74. The molecule has 1 N–H and O–H groups in total. The van der Waals surface area contributed by atoms with Gasteiger partial charge in [0.25, 0.3) is 0 Å². The third-order valence-electron chi connectivity index (χ3n) is 4.26. The molecule has 16 heavy (non-hydrogen) atoms. The first-order chi connectivity index (χ1) is 7.65. The Balaban J connectivity index is 2.54. The van der Waals surface area contributed by atoms with Gasteiger partial charge in [0, 0.05) is 19.1 Å². The van der Waals surface area contributed by atoms with Crippen molar-refractivity contribution in [2.45, 2.75) is 58.9 Å². The van der Waals surface area contributed by atoms with E-state index in [0.29, 0.717) is 5.41 Å². The SMILES string of the molecule is CCC1CCCCN1CC(C)(CC)CNC. The summed E-state index contributed by atoms with van der Waals surface area (Å²) in [5.74, 6) is 0. The van der Waals surface area contributed by atoms with E-state index in [0.717, 1.165) is 12.6 Å². The fourth-order valence-electron chi connectivity index (χ4n) is 2.94. The van der Waals surface area contributed by atoms with Crippen LogP contribution in [0.1, 0.15) is 52.9 Å². The van der Waals surface area contributed by atoms with Crippen molar-refractivity contribution in [2.24, 2.45) is 5.41 Å². The standard InChI is InChI=1S/C14H30N2/c1-5-13-9-7-8-10-16(13)12-14(3,6-2)11-15-4/h13,15H,5-12H2,1-4H3. The molecule has 0 spiro atoms. The molecule has 1 saturated heterocycles. The van der Waals surface area contributed by atoms with Crippen LogP contribution in [0, 0.1) is 5.41 Å². The van der Waals surface area contributed by atoms with Gasteiger partial charge in [0.2, 0.25) is 0 Å². The summed E-state index contributed by atoms with van der Waals surface area (Å²) in [6, 6.07) is 0.844. The van der Waals surface area contributed by atoms with E-state index >= 15 is 0 Å². The highest BCUT2D eigenvalue weighted by Crippen LogP contribution is 2.27. The Morgan fingerprint density at radius 3 is 2.62 bits per heavy atom. The highest BCUT2D eigenvalue weighted by molar-refractivity contribution is 4.84. The summed E-state index contributed by atoms with van der Waals surface area (Å²) >= 11 is 0. The van der Waals surface area contributed by atoms with Crippen molar-refractivity contribution in [3.8, 4) is 0 Å². The number of nitrogens with zero attached hydrogens (tertiary/aromatic N) is 1. The molecule has 1 aliphatic rings. The van der Waals surface area contributed by atoms with E-state index < -0.39 is 0 Å². The molecule has 1 aliphatic heterocycles. The van der Waals surface area contributed by atoms with Gasteiger partial charge in [0.15, 0.2) is 0 Å². The maximum absolute atomic E-state index is 3.35. The monoisotopic (exact) mass is 226 g/mol. The van der Waals surface area contributed by atoms with Gasteiger partial charge in [-0.2, -0.15) is 0 Å². The molecule has 96 valence electrons. The van der Waals surface area contributed by atoms with E-state index in [1.807, 2.05) is 0 Å². The van der Waals surface area contributed by atoms with E-state index in [2.05, 4.69) is 38.0 Å².